The highest BCUT2D eigenvalue weighted by Gasteiger charge is 2.13. The molecule has 1 N–H and O–H groups in total. The van der Waals surface area contributed by atoms with Crippen LogP contribution in [0.3, 0.4) is 0 Å². The van der Waals surface area contributed by atoms with E-state index >= 15 is 0 Å². The number of carbonyl (C=O) groups is 1. The predicted molar refractivity (Wildman–Crippen MR) is 95.8 cm³/mol. The van der Waals surface area contributed by atoms with Crippen LogP contribution in [0, 0.1) is 13.8 Å². The number of methoxy groups -OCH3 is 1. The number of hydrogen-bond acceptors (Lipinski definition) is 5. The van der Waals surface area contributed by atoms with E-state index in [0.29, 0.717) is 30.4 Å². The van der Waals surface area contributed by atoms with Crippen LogP contribution in [-0.2, 0) is 17.8 Å². The molecule has 0 aliphatic rings. The van der Waals surface area contributed by atoms with Gasteiger partial charge < -0.3 is 14.8 Å². The molecule has 1 heterocycles. The van der Waals surface area contributed by atoms with Crippen LogP contribution in [0.1, 0.15) is 35.6 Å². The molecule has 0 saturated carbocycles. The van der Waals surface area contributed by atoms with Crippen molar-refractivity contribution in [3.8, 4) is 5.75 Å². The Morgan fingerprint density at radius 2 is 2.00 bits per heavy atom. The predicted octanol–water partition coefficient (Wildman–Crippen LogP) is 3.89. The second kappa shape index (κ2) is 8.11. The van der Waals surface area contributed by atoms with Crippen LogP contribution in [0.25, 0.3) is 0 Å². The van der Waals surface area contributed by atoms with Gasteiger partial charge in [-0.2, -0.15) is 0 Å². The number of aromatic nitrogens is 2. The first-order valence-electron chi connectivity index (χ1n) is 7.79. The molecule has 128 valence electrons. The molecule has 24 heavy (non-hydrogen) atoms. The van der Waals surface area contributed by atoms with Gasteiger partial charge in [0, 0.05) is 24.1 Å². The summed E-state index contributed by atoms with van der Waals surface area (Å²) in [7, 11) is 1.66. The Kier molecular flexibility index (Phi) is 6.15. The topological polar surface area (TPSA) is 64.1 Å². The van der Waals surface area contributed by atoms with Crippen LogP contribution in [0.2, 0.25) is 5.15 Å². The van der Waals surface area contributed by atoms with Crippen LogP contribution in [0.4, 0.5) is 5.82 Å². The molecule has 0 unspecified atom stereocenters. The number of hydrogen-bond donors (Lipinski definition) is 1. The van der Waals surface area contributed by atoms with Gasteiger partial charge >= 0.3 is 0 Å². The summed E-state index contributed by atoms with van der Waals surface area (Å²) < 4.78 is 5.48. The molecule has 1 aromatic heterocycles. The van der Waals surface area contributed by atoms with Crippen molar-refractivity contribution >= 4 is 23.2 Å². The normalized spacial score (nSPS) is 10.5. The van der Waals surface area contributed by atoms with Crippen molar-refractivity contribution in [2.75, 3.05) is 12.4 Å². The van der Waals surface area contributed by atoms with E-state index in [-0.39, 0.29) is 5.78 Å². The molecule has 0 aliphatic carbocycles. The number of carbonyl (C=O) groups excluding carboxylic acids is 1. The van der Waals surface area contributed by atoms with Gasteiger partial charge in [0.15, 0.2) is 0 Å². The summed E-state index contributed by atoms with van der Waals surface area (Å²) in [5.41, 5.74) is 4.12. The lowest BCUT2D eigenvalue weighted by Crippen LogP contribution is -2.09. The Morgan fingerprint density at radius 3 is 2.67 bits per heavy atom. The zero-order valence-corrected chi connectivity index (χ0v) is 15.2. The number of aryl methyl sites for hydroxylation is 2. The zero-order valence-electron chi connectivity index (χ0n) is 14.4. The number of ether oxygens (including phenoxy) is 1. The first-order chi connectivity index (χ1) is 11.4. The molecule has 0 aliphatic heterocycles. The number of rotatable bonds is 7. The van der Waals surface area contributed by atoms with Gasteiger partial charge in [-0.25, -0.2) is 9.97 Å². The molecule has 2 aromatic rings. The third-order valence-corrected chi connectivity index (χ3v) is 4.17. The van der Waals surface area contributed by atoms with Gasteiger partial charge in [0.05, 0.1) is 7.11 Å². The monoisotopic (exact) mass is 347 g/mol. The average Bonchev–Trinajstić information content (AvgIpc) is 2.52. The van der Waals surface area contributed by atoms with E-state index in [1.54, 1.807) is 14.0 Å². The van der Waals surface area contributed by atoms with Crippen molar-refractivity contribution in [3.05, 3.63) is 45.9 Å². The highest BCUT2D eigenvalue weighted by atomic mass is 35.5. The molecule has 0 saturated heterocycles. The largest absolute Gasteiger partial charge is 0.496 e. The Hall–Kier alpha value is -2.14. The second-order valence-electron chi connectivity index (χ2n) is 5.81. The second-order valence-corrected chi connectivity index (χ2v) is 6.17. The van der Waals surface area contributed by atoms with E-state index in [1.165, 1.54) is 6.33 Å². The molecular formula is C18H22ClN3O2. The van der Waals surface area contributed by atoms with Crippen molar-refractivity contribution in [2.45, 2.75) is 40.2 Å². The van der Waals surface area contributed by atoms with Gasteiger partial charge in [-0.1, -0.05) is 17.7 Å². The van der Waals surface area contributed by atoms with E-state index in [2.05, 4.69) is 28.3 Å². The summed E-state index contributed by atoms with van der Waals surface area (Å²) in [5, 5.41) is 3.68. The Bertz CT molecular complexity index is 747. The summed E-state index contributed by atoms with van der Waals surface area (Å²) in [6.07, 6.45) is 2.34. The number of ketones is 1. The molecule has 0 amide bonds. The molecule has 0 fully saturated rings. The summed E-state index contributed by atoms with van der Waals surface area (Å²) in [4.78, 5) is 19.5. The van der Waals surface area contributed by atoms with E-state index in [4.69, 9.17) is 16.3 Å². The van der Waals surface area contributed by atoms with Gasteiger partial charge in [-0.15, -0.1) is 0 Å². The summed E-state index contributed by atoms with van der Waals surface area (Å²) in [6.45, 7) is 6.20. The number of nitrogens with zero attached hydrogens (tertiary/aromatic N) is 2. The molecular weight excluding hydrogens is 326 g/mol. The van der Waals surface area contributed by atoms with Crippen LogP contribution in [0.15, 0.2) is 18.5 Å². The Labute approximate surface area is 147 Å². The van der Waals surface area contributed by atoms with Gasteiger partial charge in [0.2, 0.25) is 0 Å². The molecule has 0 radical (unpaired) electrons. The minimum atomic E-state index is 0.108. The maximum Gasteiger partial charge on any atom is 0.137 e. The number of Topliss-reactive ketones (excluding diaryl/α,β-unsaturated/α-hetero) is 1. The molecule has 6 heteroatoms. The van der Waals surface area contributed by atoms with Gasteiger partial charge in [0.25, 0.3) is 0 Å². The third kappa shape index (κ3) is 4.45. The number of nitrogens with one attached hydrogen (secondary N) is 1. The lowest BCUT2D eigenvalue weighted by Gasteiger charge is -2.16. The van der Waals surface area contributed by atoms with Crippen LogP contribution in [0.5, 0.6) is 5.75 Å². The first kappa shape index (κ1) is 18.2. The Morgan fingerprint density at radius 1 is 1.25 bits per heavy atom. The van der Waals surface area contributed by atoms with Crippen molar-refractivity contribution in [1.82, 2.24) is 9.97 Å². The third-order valence-electron chi connectivity index (χ3n) is 3.85. The molecule has 0 atom stereocenters. The standard InChI is InChI=1S/C18H22ClN3O2/c1-11-7-12(2)15(16(8-11)24-4)9-20-18-14(6-5-13(3)23)17(19)21-10-22-18/h7-8,10H,5-6,9H2,1-4H3,(H,20,21,22). The van der Waals surface area contributed by atoms with E-state index in [1.807, 2.05) is 13.0 Å². The maximum absolute atomic E-state index is 11.3. The van der Waals surface area contributed by atoms with E-state index in [9.17, 15) is 4.79 Å². The molecule has 1 aromatic carbocycles. The quantitative estimate of drug-likeness (QED) is 0.770. The minimum absolute atomic E-state index is 0.108. The zero-order chi connectivity index (χ0) is 17.7. The number of benzene rings is 1. The van der Waals surface area contributed by atoms with Crippen LogP contribution >= 0.6 is 11.6 Å². The lowest BCUT2D eigenvalue weighted by atomic mass is 10.0. The highest BCUT2D eigenvalue weighted by molar-refractivity contribution is 6.30. The van der Waals surface area contributed by atoms with Crippen molar-refractivity contribution in [2.24, 2.45) is 0 Å². The summed E-state index contributed by atoms with van der Waals surface area (Å²) >= 11 is 6.18. The van der Waals surface area contributed by atoms with Gasteiger partial charge in [0.1, 0.15) is 28.8 Å². The fourth-order valence-corrected chi connectivity index (χ4v) is 2.83. The lowest BCUT2D eigenvalue weighted by molar-refractivity contribution is -0.116. The number of halogens is 1. The highest BCUT2D eigenvalue weighted by Crippen LogP contribution is 2.27. The van der Waals surface area contributed by atoms with Crippen LogP contribution < -0.4 is 10.1 Å². The average molecular weight is 348 g/mol. The SMILES string of the molecule is COc1cc(C)cc(C)c1CNc1ncnc(Cl)c1CCC(C)=O. The smallest absolute Gasteiger partial charge is 0.137 e. The first-order valence-corrected chi connectivity index (χ1v) is 8.17. The van der Waals surface area contributed by atoms with Gasteiger partial charge in [-0.05, 0) is 44.4 Å². The summed E-state index contributed by atoms with van der Waals surface area (Å²) in [6, 6.07) is 4.12. The fraction of sp³-hybridized carbons (Fsp3) is 0.389. The molecule has 0 spiro atoms. The summed E-state index contributed by atoms with van der Waals surface area (Å²) in [5.74, 6) is 1.60. The Balaban J connectivity index is 2.24. The maximum atomic E-state index is 11.3. The van der Waals surface area contributed by atoms with Gasteiger partial charge in [-0.3, -0.25) is 0 Å². The van der Waals surface area contributed by atoms with Crippen molar-refractivity contribution < 1.29 is 9.53 Å². The minimum Gasteiger partial charge on any atom is -0.496 e. The van der Waals surface area contributed by atoms with E-state index < -0.39 is 0 Å². The van der Waals surface area contributed by atoms with Crippen molar-refractivity contribution in [3.63, 3.8) is 0 Å². The van der Waals surface area contributed by atoms with Crippen LogP contribution in [-0.4, -0.2) is 22.9 Å². The number of anilines is 1. The molecule has 2 rings (SSSR count). The van der Waals surface area contributed by atoms with E-state index in [0.717, 1.165) is 28.0 Å². The van der Waals surface area contributed by atoms with Crippen molar-refractivity contribution in [1.29, 1.82) is 0 Å². The molecule has 5 nitrogen and oxygen atoms in total. The fourth-order valence-electron chi connectivity index (χ4n) is 2.61. The molecule has 0 bridgehead atoms.